The Labute approximate surface area is 151 Å². The third-order valence-corrected chi connectivity index (χ3v) is 3.96. The standard InChI is InChI=1S/C20H19N3O3/c1-14-20(15(2)23(22-14)17-9-4-3-5-10-17)21-19(25)13-26-18-11-7-6-8-16(18)12-24/h3-12H,13H2,1-2H3,(H,21,25). The van der Waals surface area contributed by atoms with Gasteiger partial charge in [-0.2, -0.15) is 5.10 Å². The van der Waals surface area contributed by atoms with Gasteiger partial charge in [-0.25, -0.2) is 4.68 Å². The Hall–Kier alpha value is -3.41. The number of rotatable bonds is 6. The Morgan fingerprint density at radius 2 is 1.81 bits per heavy atom. The predicted molar refractivity (Wildman–Crippen MR) is 99.0 cm³/mol. The third kappa shape index (κ3) is 3.64. The molecule has 6 nitrogen and oxygen atoms in total. The van der Waals surface area contributed by atoms with Crippen LogP contribution in [0.5, 0.6) is 5.75 Å². The van der Waals surface area contributed by atoms with Gasteiger partial charge in [-0.3, -0.25) is 9.59 Å². The molecule has 1 heterocycles. The Morgan fingerprint density at radius 3 is 2.54 bits per heavy atom. The molecule has 2 aromatic carbocycles. The van der Waals surface area contributed by atoms with Gasteiger partial charge in [0.2, 0.25) is 0 Å². The van der Waals surface area contributed by atoms with Crippen LogP contribution >= 0.6 is 0 Å². The first kappa shape index (κ1) is 17.4. The topological polar surface area (TPSA) is 73.2 Å². The van der Waals surface area contributed by atoms with Crippen LogP contribution in [0.4, 0.5) is 5.69 Å². The highest BCUT2D eigenvalue weighted by molar-refractivity contribution is 5.93. The first-order chi connectivity index (χ1) is 12.6. The van der Waals surface area contributed by atoms with Gasteiger partial charge in [0.25, 0.3) is 5.91 Å². The predicted octanol–water partition coefficient (Wildman–Crippen LogP) is 3.32. The summed E-state index contributed by atoms with van der Waals surface area (Å²) in [6.45, 7) is 3.54. The average Bonchev–Trinajstić information content (AvgIpc) is 2.95. The van der Waals surface area contributed by atoms with E-state index in [0.29, 0.717) is 29.0 Å². The molecule has 3 rings (SSSR count). The second kappa shape index (κ2) is 7.65. The van der Waals surface area contributed by atoms with Crippen LogP contribution < -0.4 is 10.1 Å². The van der Waals surface area contributed by atoms with Crippen molar-refractivity contribution in [2.24, 2.45) is 0 Å². The van der Waals surface area contributed by atoms with Crippen molar-refractivity contribution in [2.75, 3.05) is 11.9 Å². The Bertz CT molecular complexity index is 933. The molecule has 0 saturated heterocycles. The van der Waals surface area contributed by atoms with E-state index in [0.717, 1.165) is 11.4 Å². The number of benzene rings is 2. The molecule has 0 aliphatic heterocycles. The molecule has 0 atom stereocenters. The molecule has 132 valence electrons. The molecule has 1 amide bonds. The molecule has 1 aromatic heterocycles. The first-order valence-electron chi connectivity index (χ1n) is 8.18. The fraction of sp³-hybridized carbons (Fsp3) is 0.150. The van der Waals surface area contributed by atoms with Gasteiger partial charge in [0.15, 0.2) is 12.9 Å². The van der Waals surface area contributed by atoms with E-state index in [-0.39, 0.29) is 12.5 Å². The SMILES string of the molecule is Cc1nn(-c2ccccc2)c(C)c1NC(=O)COc1ccccc1C=O. The first-order valence-corrected chi connectivity index (χ1v) is 8.18. The van der Waals surface area contributed by atoms with Crippen molar-refractivity contribution in [1.29, 1.82) is 0 Å². The van der Waals surface area contributed by atoms with Crippen LogP contribution in [0, 0.1) is 13.8 Å². The summed E-state index contributed by atoms with van der Waals surface area (Å²) in [7, 11) is 0. The van der Waals surface area contributed by atoms with Gasteiger partial charge in [0.05, 0.1) is 28.3 Å². The summed E-state index contributed by atoms with van der Waals surface area (Å²) < 4.78 is 7.25. The van der Waals surface area contributed by atoms with Crippen LogP contribution in [-0.2, 0) is 4.79 Å². The lowest BCUT2D eigenvalue weighted by Crippen LogP contribution is -2.21. The highest BCUT2D eigenvalue weighted by atomic mass is 16.5. The van der Waals surface area contributed by atoms with E-state index < -0.39 is 0 Å². The van der Waals surface area contributed by atoms with E-state index >= 15 is 0 Å². The zero-order valence-electron chi connectivity index (χ0n) is 14.6. The molecule has 6 heteroatoms. The average molecular weight is 349 g/mol. The second-order valence-corrected chi connectivity index (χ2v) is 5.79. The van der Waals surface area contributed by atoms with Gasteiger partial charge in [-0.15, -0.1) is 0 Å². The van der Waals surface area contributed by atoms with Crippen molar-refractivity contribution in [1.82, 2.24) is 9.78 Å². The summed E-state index contributed by atoms with van der Waals surface area (Å²) in [6, 6.07) is 16.5. The molecule has 0 aliphatic rings. The summed E-state index contributed by atoms with van der Waals surface area (Å²) in [4.78, 5) is 23.3. The lowest BCUT2D eigenvalue weighted by molar-refractivity contribution is -0.118. The van der Waals surface area contributed by atoms with Crippen molar-refractivity contribution < 1.29 is 14.3 Å². The number of aryl methyl sites for hydroxylation is 1. The smallest absolute Gasteiger partial charge is 0.262 e. The van der Waals surface area contributed by atoms with Gasteiger partial charge in [0.1, 0.15) is 5.75 Å². The summed E-state index contributed by atoms with van der Waals surface area (Å²) >= 11 is 0. The lowest BCUT2D eigenvalue weighted by Gasteiger charge is -2.09. The maximum atomic E-state index is 12.3. The van der Waals surface area contributed by atoms with Crippen molar-refractivity contribution in [3.05, 3.63) is 71.5 Å². The number of carbonyl (C=O) groups is 2. The van der Waals surface area contributed by atoms with E-state index in [1.54, 1.807) is 28.9 Å². The van der Waals surface area contributed by atoms with Gasteiger partial charge >= 0.3 is 0 Å². The highest BCUT2D eigenvalue weighted by Gasteiger charge is 2.15. The van der Waals surface area contributed by atoms with Crippen molar-refractivity contribution in [3.63, 3.8) is 0 Å². The quantitative estimate of drug-likeness (QED) is 0.693. The zero-order valence-corrected chi connectivity index (χ0v) is 14.6. The maximum absolute atomic E-state index is 12.3. The highest BCUT2D eigenvalue weighted by Crippen LogP contribution is 2.23. The summed E-state index contributed by atoms with van der Waals surface area (Å²) in [6.07, 6.45) is 0.700. The van der Waals surface area contributed by atoms with Crippen molar-refractivity contribution in [3.8, 4) is 11.4 Å². The zero-order chi connectivity index (χ0) is 18.5. The number of ether oxygens (including phenoxy) is 1. The van der Waals surface area contributed by atoms with Gasteiger partial charge in [-0.05, 0) is 38.1 Å². The molecule has 1 N–H and O–H groups in total. The molecule has 0 saturated carbocycles. The minimum absolute atomic E-state index is 0.194. The van der Waals surface area contributed by atoms with Crippen LogP contribution in [0.3, 0.4) is 0 Å². The molecule has 0 radical (unpaired) electrons. The Kier molecular flexibility index (Phi) is 5.12. The van der Waals surface area contributed by atoms with Crippen LogP contribution in [-0.4, -0.2) is 28.6 Å². The summed E-state index contributed by atoms with van der Waals surface area (Å²) in [5.41, 5.74) is 3.53. The minimum atomic E-state index is -0.315. The fourth-order valence-electron chi connectivity index (χ4n) is 2.67. The van der Waals surface area contributed by atoms with Crippen LogP contribution in [0.2, 0.25) is 0 Å². The largest absolute Gasteiger partial charge is 0.483 e. The Balaban J connectivity index is 1.72. The summed E-state index contributed by atoms with van der Waals surface area (Å²) in [5.74, 6) is 0.0654. The normalized spacial score (nSPS) is 10.4. The molecular formula is C20H19N3O3. The molecule has 3 aromatic rings. The monoisotopic (exact) mass is 349 g/mol. The van der Waals surface area contributed by atoms with E-state index in [2.05, 4.69) is 10.4 Å². The third-order valence-electron chi connectivity index (χ3n) is 3.96. The number of para-hydroxylation sites is 2. The van der Waals surface area contributed by atoms with E-state index in [4.69, 9.17) is 4.74 Å². The number of amides is 1. The molecule has 0 aliphatic carbocycles. The van der Waals surface area contributed by atoms with Gasteiger partial charge < -0.3 is 10.1 Å². The van der Waals surface area contributed by atoms with Crippen LogP contribution in [0.15, 0.2) is 54.6 Å². The molecule has 26 heavy (non-hydrogen) atoms. The van der Waals surface area contributed by atoms with Crippen molar-refractivity contribution in [2.45, 2.75) is 13.8 Å². The Morgan fingerprint density at radius 1 is 1.12 bits per heavy atom. The second-order valence-electron chi connectivity index (χ2n) is 5.79. The molecule has 0 unspecified atom stereocenters. The van der Waals surface area contributed by atoms with E-state index in [1.807, 2.05) is 44.2 Å². The van der Waals surface area contributed by atoms with Gasteiger partial charge in [0, 0.05) is 0 Å². The molecule has 0 bridgehead atoms. The molecule has 0 fully saturated rings. The number of hydrogen-bond acceptors (Lipinski definition) is 4. The van der Waals surface area contributed by atoms with Crippen molar-refractivity contribution >= 4 is 17.9 Å². The number of carbonyl (C=O) groups excluding carboxylic acids is 2. The number of aromatic nitrogens is 2. The van der Waals surface area contributed by atoms with E-state index in [1.165, 1.54) is 0 Å². The number of nitrogens with one attached hydrogen (secondary N) is 1. The number of nitrogens with zero attached hydrogens (tertiary/aromatic N) is 2. The molecule has 0 spiro atoms. The maximum Gasteiger partial charge on any atom is 0.262 e. The van der Waals surface area contributed by atoms with Crippen LogP contribution in [0.1, 0.15) is 21.7 Å². The van der Waals surface area contributed by atoms with E-state index in [9.17, 15) is 9.59 Å². The lowest BCUT2D eigenvalue weighted by atomic mass is 10.2. The number of anilines is 1. The molecular weight excluding hydrogens is 330 g/mol. The number of hydrogen-bond donors (Lipinski definition) is 1. The van der Waals surface area contributed by atoms with Gasteiger partial charge in [-0.1, -0.05) is 30.3 Å². The summed E-state index contributed by atoms with van der Waals surface area (Å²) in [5, 5.41) is 7.33. The minimum Gasteiger partial charge on any atom is -0.483 e. The fourth-order valence-corrected chi connectivity index (χ4v) is 2.67. The number of aldehydes is 1. The van der Waals surface area contributed by atoms with Crippen LogP contribution in [0.25, 0.3) is 5.69 Å².